The Morgan fingerprint density at radius 3 is 2.11 bits per heavy atom. The number of nitrogens with one attached hydrogen (secondary N) is 2. The van der Waals surface area contributed by atoms with Gasteiger partial charge in [0.25, 0.3) is 5.91 Å². The van der Waals surface area contributed by atoms with Crippen LogP contribution in [0, 0.1) is 5.92 Å². The van der Waals surface area contributed by atoms with Crippen molar-refractivity contribution in [1.82, 2.24) is 10.2 Å². The van der Waals surface area contributed by atoms with Crippen molar-refractivity contribution in [2.75, 3.05) is 36.4 Å². The maximum Gasteiger partial charge on any atom is 0.319 e. The van der Waals surface area contributed by atoms with Crippen LogP contribution in [0.1, 0.15) is 47.2 Å². The molecule has 0 radical (unpaired) electrons. The Bertz CT molecular complexity index is 1180. The largest absolute Gasteiger partial charge is 0.371 e. The Morgan fingerprint density at radius 2 is 1.43 bits per heavy atom. The first-order valence-electron chi connectivity index (χ1n) is 13.5. The predicted molar refractivity (Wildman–Crippen MR) is 149 cm³/mol. The number of hydrogen-bond acceptors (Lipinski definition) is 3. The molecule has 0 spiro atoms. The molecule has 0 unspecified atom stereocenters. The van der Waals surface area contributed by atoms with Crippen molar-refractivity contribution in [2.45, 2.75) is 38.6 Å². The highest BCUT2D eigenvalue weighted by atomic mass is 16.2. The lowest BCUT2D eigenvalue weighted by atomic mass is 9.89. The molecule has 2 aliphatic heterocycles. The molecule has 0 aliphatic carbocycles. The molecule has 6 nitrogen and oxygen atoms in total. The van der Waals surface area contributed by atoms with E-state index in [1.54, 1.807) is 0 Å². The molecule has 192 valence electrons. The van der Waals surface area contributed by atoms with Gasteiger partial charge in [0, 0.05) is 44.1 Å². The maximum absolute atomic E-state index is 13.5. The van der Waals surface area contributed by atoms with Crippen molar-refractivity contribution in [1.29, 1.82) is 0 Å². The second-order valence-corrected chi connectivity index (χ2v) is 10.1. The number of rotatable bonds is 7. The van der Waals surface area contributed by atoms with Crippen molar-refractivity contribution in [3.05, 3.63) is 95.6 Å². The molecule has 0 atom stereocenters. The van der Waals surface area contributed by atoms with Crippen LogP contribution in [0.5, 0.6) is 0 Å². The molecular weight excluding hydrogens is 460 g/mol. The minimum Gasteiger partial charge on any atom is -0.371 e. The standard InChI is InChI=1S/C31H36N4O2/c36-30(35-17-7-8-18-35)28-22-27(33-31(37)32-23-26-11-5-2-6-12-26)13-14-29(28)34-19-15-25(16-20-34)21-24-9-3-1-4-10-24/h1-6,9-14,22,25H,7-8,15-21,23H2,(H2,32,33,37). The normalized spacial score (nSPS) is 16.0. The minimum absolute atomic E-state index is 0.0623. The summed E-state index contributed by atoms with van der Waals surface area (Å²) in [6.07, 6.45) is 5.41. The first-order chi connectivity index (χ1) is 18.2. The van der Waals surface area contributed by atoms with Gasteiger partial charge in [0.2, 0.25) is 0 Å². The van der Waals surface area contributed by atoms with Gasteiger partial charge in [-0.1, -0.05) is 60.7 Å². The first kappa shape index (κ1) is 24.9. The monoisotopic (exact) mass is 496 g/mol. The highest BCUT2D eigenvalue weighted by Crippen LogP contribution is 2.31. The van der Waals surface area contributed by atoms with Crippen molar-refractivity contribution in [3.63, 3.8) is 0 Å². The lowest BCUT2D eigenvalue weighted by molar-refractivity contribution is 0.0793. The Morgan fingerprint density at radius 1 is 0.784 bits per heavy atom. The second kappa shape index (κ2) is 12.0. The van der Waals surface area contributed by atoms with Crippen LogP contribution in [0.2, 0.25) is 0 Å². The molecule has 37 heavy (non-hydrogen) atoms. The average Bonchev–Trinajstić information content (AvgIpc) is 3.48. The van der Waals surface area contributed by atoms with Gasteiger partial charge in [-0.3, -0.25) is 4.79 Å². The number of likely N-dealkylation sites (tertiary alicyclic amines) is 1. The third kappa shape index (κ3) is 6.50. The summed E-state index contributed by atoms with van der Waals surface area (Å²) in [6.45, 7) is 3.91. The molecular formula is C31H36N4O2. The van der Waals surface area contributed by atoms with Crippen LogP contribution in [0.3, 0.4) is 0 Å². The summed E-state index contributed by atoms with van der Waals surface area (Å²) < 4.78 is 0. The number of hydrogen-bond donors (Lipinski definition) is 2. The highest BCUT2D eigenvalue weighted by molar-refractivity contribution is 6.02. The van der Waals surface area contributed by atoms with Gasteiger partial charge in [-0.2, -0.15) is 0 Å². The fourth-order valence-electron chi connectivity index (χ4n) is 5.43. The SMILES string of the molecule is O=C(NCc1ccccc1)Nc1ccc(N2CCC(Cc3ccccc3)CC2)c(C(=O)N2CCCC2)c1. The zero-order chi connectivity index (χ0) is 25.5. The van der Waals surface area contributed by atoms with Crippen LogP contribution in [-0.4, -0.2) is 43.0 Å². The van der Waals surface area contributed by atoms with Crippen LogP contribution in [0.4, 0.5) is 16.2 Å². The zero-order valence-corrected chi connectivity index (χ0v) is 21.4. The molecule has 2 N–H and O–H groups in total. The van der Waals surface area contributed by atoms with Gasteiger partial charge in [-0.25, -0.2) is 4.79 Å². The average molecular weight is 497 g/mol. The van der Waals surface area contributed by atoms with Crippen molar-refractivity contribution >= 4 is 23.3 Å². The number of carbonyl (C=O) groups is 2. The topological polar surface area (TPSA) is 64.7 Å². The van der Waals surface area contributed by atoms with Crippen LogP contribution in [0.25, 0.3) is 0 Å². The fourth-order valence-corrected chi connectivity index (χ4v) is 5.43. The van der Waals surface area contributed by atoms with E-state index >= 15 is 0 Å². The maximum atomic E-state index is 13.5. The van der Waals surface area contributed by atoms with Crippen LogP contribution in [0.15, 0.2) is 78.9 Å². The van der Waals surface area contributed by atoms with Crippen molar-refractivity contribution in [2.24, 2.45) is 5.92 Å². The number of carbonyl (C=O) groups excluding carboxylic acids is 2. The fraction of sp³-hybridized carbons (Fsp3) is 0.355. The Balaban J connectivity index is 1.27. The summed E-state index contributed by atoms with van der Waals surface area (Å²) in [5.41, 5.74) is 4.73. The Kier molecular flexibility index (Phi) is 8.04. The second-order valence-electron chi connectivity index (χ2n) is 10.1. The lowest BCUT2D eigenvalue weighted by Gasteiger charge is -2.35. The number of nitrogens with zero attached hydrogens (tertiary/aromatic N) is 2. The van der Waals surface area contributed by atoms with E-state index < -0.39 is 0 Å². The summed E-state index contributed by atoms with van der Waals surface area (Å²) in [4.78, 5) is 30.4. The van der Waals surface area contributed by atoms with Gasteiger partial charge in [0.15, 0.2) is 0 Å². The van der Waals surface area contributed by atoms with Gasteiger partial charge in [-0.05, 0) is 67.3 Å². The molecule has 2 heterocycles. The summed E-state index contributed by atoms with van der Waals surface area (Å²) in [7, 11) is 0. The quantitative estimate of drug-likeness (QED) is 0.441. The molecule has 0 bridgehead atoms. The number of amides is 3. The summed E-state index contributed by atoms with van der Waals surface area (Å²) in [6, 6.07) is 26.0. The van der Waals surface area contributed by atoms with Gasteiger partial charge < -0.3 is 20.4 Å². The smallest absolute Gasteiger partial charge is 0.319 e. The predicted octanol–water partition coefficient (Wildman–Crippen LogP) is 5.70. The van der Waals surface area contributed by atoms with E-state index in [1.165, 1.54) is 5.56 Å². The van der Waals surface area contributed by atoms with Crippen LogP contribution in [-0.2, 0) is 13.0 Å². The molecule has 0 aromatic heterocycles. The third-order valence-electron chi connectivity index (χ3n) is 7.50. The molecule has 5 rings (SSSR count). The zero-order valence-electron chi connectivity index (χ0n) is 21.4. The molecule has 6 heteroatoms. The van der Waals surface area contributed by atoms with E-state index in [4.69, 9.17) is 0 Å². The molecule has 3 aromatic carbocycles. The van der Waals surface area contributed by atoms with E-state index in [9.17, 15) is 9.59 Å². The molecule has 2 aliphatic rings. The number of piperidine rings is 1. The highest BCUT2D eigenvalue weighted by Gasteiger charge is 2.27. The number of benzene rings is 3. The van der Waals surface area contributed by atoms with E-state index in [0.29, 0.717) is 23.7 Å². The first-order valence-corrected chi connectivity index (χ1v) is 13.5. The van der Waals surface area contributed by atoms with Crippen molar-refractivity contribution < 1.29 is 9.59 Å². The van der Waals surface area contributed by atoms with E-state index in [2.05, 4.69) is 45.9 Å². The van der Waals surface area contributed by atoms with E-state index in [1.807, 2.05) is 53.4 Å². The molecule has 2 fully saturated rings. The van der Waals surface area contributed by atoms with E-state index in [0.717, 1.165) is 69.5 Å². The van der Waals surface area contributed by atoms with Gasteiger partial charge in [0.1, 0.15) is 0 Å². The molecule has 0 saturated carbocycles. The van der Waals surface area contributed by atoms with E-state index in [-0.39, 0.29) is 11.9 Å². The van der Waals surface area contributed by atoms with Crippen LogP contribution >= 0.6 is 0 Å². The minimum atomic E-state index is -0.280. The summed E-state index contributed by atoms with van der Waals surface area (Å²) >= 11 is 0. The summed E-state index contributed by atoms with van der Waals surface area (Å²) in [5.74, 6) is 0.720. The van der Waals surface area contributed by atoms with Gasteiger partial charge in [-0.15, -0.1) is 0 Å². The lowest BCUT2D eigenvalue weighted by Crippen LogP contribution is -2.37. The number of urea groups is 1. The molecule has 3 aromatic rings. The van der Waals surface area contributed by atoms with Crippen molar-refractivity contribution in [3.8, 4) is 0 Å². The van der Waals surface area contributed by atoms with Gasteiger partial charge in [0.05, 0.1) is 5.56 Å². The summed E-state index contributed by atoms with van der Waals surface area (Å²) in [5, 5.41) is 5.82. The van der Waals surface area contributed by atoms with Crippen LogP contribution < -0.4 is 15.5 Å². The Hall–Kier alpha value is -3.80. The Labute approximate surface area is 219 Å². The number of anilines is 2. The van der Waals surface area contributed by atoms with Gasteiger partial charge >= 0.3 is 6.03 Å². The molecule has 3 amide bonds. The molecule has 2 saturated heterocycles. The third-order valence-corrected chi connectivity index (χ3v) is 7.50.